The highest BCUT2D eigenvalue weighted by molar-refractivity contribution is 7.89. The minimum atomic E-state index is -3.92. The van der Waals surface area contributed by atoms with Crippen LogP contribution in [0.2, 0.25) is 0 Å². The molecule has 1 amide bonds. The van der Waals surface area contributed by atoms with Crippen LogP contribution < -0.4 is 5.32 Å². The number of carbonyl (C=O) groups excluding carboxylic acids is 1. The Bertz CT molecular complexity index is 1130. The summed E-state index contributed by atoms with van der Waals surface area (Å²) >= 11 is 0. The number of sulfonamides is 1. The summed E-state index contributed by atoms with van der Waals surface area (Å²) in [6.45, 7) is 5.81. The largest absolute Gasteiger partial charge is 0.349 e. The zero-order valence-electron chi connectivity index (χ0n) is 18.8. The topological polar surface area (TPSA) is 110 Å². The Hall–Kier alpha value is -2.85. The average Bonchev–Trinajstić information content (AvgIpc) is 2.78. The zero-order valence-corrected chi connectivity index (χ0v) is 19.6. The molecule has 1 heterocycles. The van der Waals surface area contributed by atoms with Gasteiger partial charge in [0.1, 0.15) is 5.82 Å². The molecule has 0 saturated carbocycles. The number of benzene rings is 2. The normalized spacial score (nSPS) is 16.5. The molecule has 1 saturated heterocycles. The van der Waals surface area contributed by atoms with E-state index in [0.29, 0.717) is 18.4 Å². The molecular weight excluding hydrogens is 449 g/mol. The van der Waals surface area contributed by atoms with E-state index in [-0.39, 0.29) is 53.3 Å². The number of aryl methyl sites for hydroxylation is 1. The van der Waals surface area contributed by atoms with Gasteiger partial charge < -0.3 is 5.32 Å². The lowest BCUT2D eigenvalue weighted by Gasteiger charge is -2.32. The minimum absolute atomic E-state index is 0.0803. The number of rotatable bonds is 7. The zero-order chi connectivity index (χ0) is 24.3. The molecule has 1 aliphatic rings. The van der Waals surface area contributed by atoms with Crippen LogP contribution in [0.15, 0.2) is 47.4 Å². The van der Waals surface area contributed by atoms with Gasteiger partial charge in [-0.2, -0.15) is 4.31 Å². The van der Waals surface area contributed by atoms with E-state index in [0.717, 1.165) is 11.6 Å². The summed E-state index contributed by atoms with van der Waals surface area (Å²) in [5, 5.41) is 14.1. The highest BCUT2D eigenvalue weighted by Crippen LogP contribution is 2.29. The van der Waals surface area contributed by atoms with Crippen molar-refractivity contribution in [2.45, 2.75) is 44.6 Å². The lowest BCUT2D eigenvalue weighted by Crippen LogP contribution is -2.44. The quantitative estimate of drug-likeness (QED) is 0.480. The summed E-state index contributed by atoms with van der Waals surface area (Å²) in [6, 6.07) is 9.51. The molecule has 2 aromatic rings. The Morgan fingerprint density at radius 3 is 2.30 bits per heavy atom. The second-order valence-electron chi connectivity index (χ2n) is 8.67. The van der Waals surface area contributed by atoms with Crippen LogP contribution in [0.3, 0.4) is 0 Å². The Morgan fingerprint density at radius 1 is 1.15 bits per heavy atom. The fourth-order valence-corrected chi connectivity index (χ4v) is 5.77. The first kappa shape index (κ1) is 24.8. The van der Waals surface area contributed by atoms with Crippen LogP contribution in [-0.2, 0) is 14.8 Å². The third-order valence-corrected chi connectivity index (χ3v) is 8.06. The molecule has 0 bridgehead atoms. The summed E-state index contributed by atoms with van der Waals surface area (Å²) in [4.78, 5) is 23.3. The molecule has 2 aromatic carbocycles. The van der Waals surface area contributed by atoms with Crippen molar-refractivity contribution in [3.05, 3.63) is 69.5 Å². The smallest absolute Gasteiger partial charge is 0.270 e. The number of hydrogen-bond donors (Lipinski definition) is 1. The van der Waals surface area contributed by atoms with Gasteiger partial charge in [0.25, 0.3) is 5.69 Å². The highest BCUT2D eigenvalue weighted by Gasteiger charge is 2.34. The predicted octanol–water partition coefficient (Wildman–Crippen LogP) is 3.96. The van der Waals surface area contributed by atoms with Crippen molar-refractivity contribution in [1.82, 2.24) is 9.62 Å². The van der Waals surface area contributed by atoms with Crippen molar-refractivity contribution in [2.75, 3.05) is 13.1 Å². The highest BCUT2D eigenvalue weighted by atomic mass is 32.2. The van der Waals surface area contributed by atoms with Gasteiger partial charge in [-0.15, -0.1) is 0 Å². The molecule has 0 aromatic heterocycles. The van der Waals surface area contributed by atoms with Crippen molar-refractivity contribution in [3.63, 3.8) is 0 Å². The minimum Gasteiger partial charge on any atom is -0.349 e. The van der Waals surface area contributed by atoms with Crippen molar-refractivity contribution >= 4 is 21.6 Å². The number of nitro groups is 1. The molecule has 33 heavy (non-hydrogen) atoms. The molecule has 8 nitrogen and oxygen atoms in total. The SMILES string of the molecule is Cc1ccc([N+](=O)[O-])cc1S(=O)(=O)N1CCC(C(=O)NC(c2ccc(F)cc2)C(C)C)CC1. The van der Waals surface area contributed by atoms with E-state index in [4.69, 9.17) is 0 Å². The van der Waals surface area contributed by atoms with Gasteiger partial charge in [-0.25, -0.2) is 12.8 Å². The summed E-state index contributed by atoms with van der Waals surface area (Å²) in [5.74, 6) is -0.789. The van der Waals surface area contributed by atoms with E-state index in [1.165, 1.54) is 28.6 Å². The first-order valence-electron chi connectivity index (χ1n) is 10.8. The molecule has 1 aliphatic heterocycles. The Morgan fingerprint density at radius 2 is 1.76 bits per heavy atom. The molecule has 0 spiro atoms. The van der Waals surface area contributed by atoms with Crippen molar-refractivity contribution in [1.29, 1.82) is 0 Å². The molecular formula is C23H28FN3O5S. The first-order valence-corrected chi connectivity index (χ1v) is 12.3. The maximum absolute atomic E-state index is 13.3. The number of amides is 1. The number of nitrogens with one attached hydrogen (secondary N) is 1. The van der Waals surface area contributed by atoms with Crippen LogP contribution in [-0.4, -0.2) is 36.6 Å². The standard InChI is InChI=1S/C23H28FN3O5S/c1-15(2)22(17-5-7-19(24)8-6-17)25-23(28)18-10-12-26(13-11-18)33(31,32)21-14-20(27(29)30)9-4-16(21)3/h4-9,14-15,18,22H,10-13H2,1-3H3,(H,25,28). The van der Waals surface area contributed by atoms with Gasteiger partial charge >= 0.3 is 0 Å². The van der Waals surface area contributed by atoms with Crippen LogP contribution in [0.25, 0.3) is 0 Å². The second-order valence-corrected chi connectivity index (χ2v) is 10.6. The Labute approximate surface area is 193 Å². The van der Waals surface area contributed by atoms with Crippen LogP contribution >= 0.6 is 0 Å². The van der Waals surface area contributed by atoms with Crippen molar-refractivity contribution in [2.24, 2.45) is 11.8 Å². The first-order chi connectivity index (χ1) is 15.5. The van der Waals surface area contributed by atoms with E-state index in [2.05, 4.69) is 5.32 Å². The Balaban J connectivity index is 1.68. The maximum atomic E-state index is 13.3. The molecule has 10 heteroatoms. The summed E-state index contributed by atoms with van der Waals surface area (Å²) < 4.78 is 40.8. The molecule has 1 atom stereocenters. The fourth-order valence-electron chi connectivity index (χ4n) is 4.05. The fraction of sp³-hybridized carbons (Fsp3) is 0.435. The Kier molecular flexibility index (Phi) is 7.48. The van der Waals surface area contributed by atoms with E-state index >= 15 is 0 Å². The maximum Gasteiger partial charge on any atom is 0.270 e. The molecule has 1 fully saturated rings. The van der Waals surface area contributed by atoms with Gasteiger partial charge in [0, 0.05) is 31.1 Å². The predicted molar refractivity (Wildman–Crippen MR) is 121 cm³/mol. The van der Waals surface area contributed by atoms with E-state index < -0.39 is 14.9 Å². The van der Waals surface area contributed by atoms with Crippen LogP contribution in [0.5, 0.6) is 0 Å². The summed E-state index contributed by atoms with van der Waals surface area (Å²) in [6.07, 6.45) is 0.681. The summed E-state index contributed by atoms with van der Waals surface area (Å²) in [7, 11) is -3.92. The number of nitro benzene ring substituents is 1. The number of carbonyl (C=O) groups is 1. The van der Waals surface area contributed by atoms with Gasteiger partial charge in [0.2, 0.25) is 15.9 Å². The van der Waals surface area contributed by atoms with Gasteiger partial charge in [-0.05, 0) is 48.9 Å². The monoisotopic (exact) mass is 477 g/mol. The van der Waals surface area contributed by atoms with E-state index in [9.17, 15) is 27.7 Å². The van der Waals surface area contributed by atoms with Gasteiger partial charge in [-0.3, -0.25) is 14.9 Å². The molecule has 3 rings (SSSR count). The van der Waals surface area contributed by atoms with Gasteiger partial charge in [0.05, 0.1) is 15.9 Å². The van der Waals surface area contributed by atoms with E-state index in [1.54, 1.807) is 19.1 Å². The number of nitrogens with zero attached hydrogens (tertiary/aromatic N) is 2. The van der Waals surface area contributed by atoms with Crippen LogP contribution in [0, 0.1) is 34.7 Å². The molecule has 1 unspecified atom stereocenters. The number of halogens is 1. The lowest BCUT2D eigenvalue weighted by atomic mass is 9.92. The summed E-state index contributed by atoms with van der Waals surface area (Å²) in [5.41, 5.74) is 0.953. The van der Waals surface area contributed by atoms with Gasteiger partial charge in [0.15, 0.2) is 0 Å². The molecule has 0 aliphatic carbocycles. The van der Waals surface area contributed by atoms with E-state index in [1.807, 2.05) is 13.8 Å². The number of non-ortho nitro benzene ring substituents is 1. The van der Waals surface area contributed by atoms with Crippen LogP contribution in [0.1, 0.15) is 43.9 Å². The van der Waals surface area contributed by atoms with Crippen molar-refractivity contribution < 1.29 is 22.5 Å². The number of hydrogen-bond acceptors (Lipinski definition) is 5. The van der Waals surface area contributed by atoms with Crippen molar-refractivity contribution in [3.8, 4) is 0 Å². The third-order valence-electron chi connectivity index (χ3n) is 6.02. The molecule has 0 radical (unpaired) electrons. The van der Waals surface area contributed by atoms with Crippen LogP contribution in [0.4, 0.5) is 10.1 Å². The van der Waals surface area contributed by atoms with Gasteiger partial charge in [-0.1, -0.05) is 32.0 Å². The second kappa shape index (κ2) is 9.96. The average molecular weight is 478 g/mol. The molecule has 1 N–H and O–H groups in total. The third kappa shape index (κ3) is 5.56. The lowest BCUT2D eigenvalue weighted by molar-refractivity contribution is -0.385. The number of piperidine rings is 1. The molecule has 178 valence electrons.